The number of benzene rings is 2. The predicted octanol–water partition coefficient (Wildman–Crippen LogP) is 2.57. The lowest BCUT2D eigenvalue weighted by atomic mass is 10.1. The van der Waals surface area contributed by atoms with Gasteiger partial charge in [0.05, 0.1) is 0 Å². The van der Waals surface area contributed by atoms with Gasteiger partial charge in [0.2, 0.25) is 6.79 Å². The number of nitrogens with zero attached hydrogens (tertiary/aromatic N) is 1. The van der Waals surface area contributed by atoms with E-state index in [4.69, 9.17) is 9.47 Å². The summed E-state index contributed by atoms with van der Waals surface area (Å²) in [7, 11) is 0. The molecule has 4 rings (SSSR count). The van der Waals surface area contributed by atoms with E-state index in [1.165, 1.54) is 11.1 Å². The molecular weight excluding hydrogens is 254 g/mol. The first-order valence-electron chi connectivity index (χ1n) is 6.57. The van der Waals surface area contributed by atoms with Gasteiger partial charge in [-0.1, -0.05) is 24.3 Å². The maximum absolute atomic E-state index is 12.5. The van der Waals surface area contributed by atoms with Crippen molar-refractivity contribution >= 4 is 5.91 Å². The van der Waals surface area contributed by atoms with Crippen molar-refractivity contribution in [3.05, 3.63) is 59.2 Å². The summed E-state index contributed by atoms with van der Waals surface area (Å²) in [6, 6.07) is 13.5. The van der Waals surface area contributed by atoms with Gasteiger partial charge in [-0.2, -0.15) is 0 Å². The number of rotatable bonds is 1. The average Bonchev–Trinajstić information content (AvgIpc) is 3.11. The monoisotopic (exact) mass is 267 g/mol. The standard InChI is InChI=1S/C16H13NO3/c18-16(11-5-6-14-15(7-11)20-10-19-14)17-8-12-3-1-2-4-13(12)9-17/h1-7H,8-10H2. The van der Waals surface area contributed by atoms with E-state index < -0.39 is 0 Å². The summed E-state index contributed by atoms with van der Waals surface area (Å²) in [5, 5.41) is 0. The summed E-state index contributed by atoms with van der Waals surface area (Å²) in [5.41, 5.74) is 3.09. The lowest BCUT2D eigenvalue weighted by Crippen LogP contribution is -2.25. The molecule has 0 saturated carbocycles. The molecule has 0 bridgehead atoms. The van der Waals surface area contributed by atoms with Gasteiger partial charge in [0.25, 0.3) is 5.91 Å². The van der Waals surface area contributed by atoms with Crippen LogP contribution in [0.5, 0.6) is 11.5 Å². The highest BCUT2D eigenvalue weighted by molar-refractivity contribution is 5.95. The minimum absolute atomic E-state index is 0.0273. The predicted molar refractivity (Wildman–Crippen MR) is 72.6 cm³/mol. The van der Waals surface area contributed by atoms with Crippen LogP contribution in [0.15, 0.2) is 42.5 Å². The van der Waals surface area contributed by atoms with Crippen LogP contribution < -0.4 is 9.47 Å². The Kier molecular flexibility index (Phi) is 2.42. The van der Waals surface area contributed by atoms with Crippen molar-refractivity contribution in [2.45, 2.75) is 13.1 Å². The number of ether oxygens (including phenoxy) is 2. The van der Waals surface area contributed by atoms with Gasteiger partial charge in [-0.05, 0) is 29.3 Å². The highest BCUT2D eigenvalue weighted by Gasteiger charge is 2.25. The van der Waals surface area contributed by atoms with Gasteiger partial charge in [-0.25, -0.2) is 0 Å². The normalized spacial score (nSPS) is 15.3. The molecule has 2 aliphatic heterocycles. The van der Waals surface area contributed by atoms with Crippen molar-refractivity contribution in [3.8, 4) is 11.5 Å². The molecule has 2 aromatic rings. The molecule has 0 spiro atoms. The molecule has 4 heteroatoms. The Hall–Kier alpha value is -2.49. The smallest absolute Gasteiger partial charge is 0.254 e. The zero-order chi connectivity index (χ0) is 13.5. The van der Waals surface area contributed by atoms with Crippen LogP contribution in [0.4, 0.5) is 0 Å². The average molecular weight is 267 g/mol. The molecule has 2 aromatic carbocycles. The number of hydrogen-bond acceptors (Lipinski definition) is 3. The minimum atomic E-state index is 0.0273. The molecule has 0 N–H and O–H groups in total. The van der Waals surface area contributed by atoms with Crippen molar-refractivity contribution in [3.63, 3.8) is 0 Å². The summed E-state index contributed by atoms with van der Waals surface area (Å²) in [5.74, 6) is 1.37. The van der Waals surface area contributed by atoms with E-state index in [0.717, 1.165) is 0 Å². The maximum atomic E-state index is 12.5. The Morgan fingerprint density at radius 1 is 0.950 bits per heavy atom. The van der Waals surface area contributed by atoms with Gasteiger partial charge in [0.1, 0.15) is 0 Å². The first-order chi connectivity index (χ1) is 9.81. The van der Waals surface area contributed by atoms with Crippen LogP contribution in [0.25, 0.3) is 0 Å². The zero-order valence-electron chi connectivity index (χ0n) is 10.8. The number of carbonyl (C=O) groups excluding carboxylic acids is 1. The van der Waals surface area contributed by atoms with Crippen molar-refractivity contribution < 1.29 is 14.3 Å². The Morgan fingerprint density at radius 3 is 2.40 bits per heavy atom. The fourth-order valence-corrected chi connectivity index (χ4v) is 2.69. The van der Waals surface area contributed by atoms with Gasteiger partial charge in [-0.3, -0.25) is 4.79 Å². The summed E-state index contributed by atoms with van der Waals surface area (Å²) >= 11 is 0. The van der Waals surface area contributed by atoms with Gasteiger partial charge < -0.3 is 14.4 Å². The van der Waals surface area contributed by atoms with E-state index in [9.17, 15) is 4.79 Å². The topological polar surface area (TPSA) is 38.8 Å². The van der Waals surface area contributed by atoms with Crippen LogP contribution in [0.3, 0.4) is 0 Å². The van der Waals surface area contributed by atoms with Crippen LogP contribution in [0, 0.1) is 0 Å². The van der Waals surface area contributed by atoms with Crippen molar-refractivity contribution in [2.75, 3.05) is 6.79 Å². The van der Waals surface area contributed by atoms with Gasteiger partial charge in [0.15, 0.2) is 11.5 Å². The first kappa shape index (κ1) is 11.3. The molecular formula is C16H13NO3. The molecule has 0 aliphatic carbocycles. The van der Waals surface area contributed by atoms with E-state index in [-0.39, 0.29) is 12.7 Å². The van der Waals surface area contributed by atoms with Crippen molar-refractivity contribution in [2.24, 2.45) is 0 Å². The third-order valence-electron chi connectivity index (χ3n) is 3.75. The van der Waals surface area contributed by atoms with Crippen molar-refractivity contribution in [1.29, 1.82) is 0 Å². The SMILES string of the molecule is O=C(c1ccc2c(c1)OCO2)N1Cc2ccccc2C1. The Morgan fingerprint density at radius 2 is 1.65 bits per heavy atom. The number of amides is 1. The highest BCUT2D eigenvalue weighted by Crippen LogP contribution is 2.33. The molecule has 0 radical (unpaired) electrons. The van der Waals surface area contributed by atoms with Crippen LogP contribution >= 0.6 is 0 Å². The molecule has 100 valence electrons. The van der Waals surface area contributed by atoms with Crippen LogP contribution in [0.2, 0.25) is 0 Å². The second-order valence-electron chi connectivity index (χ2n) is 5.00. The Labute approximate surface area is 116 Å². The third-order valence-corrected chi connectivity index (χ3v) is 3.75. The molecule has 0 saturated heterocycles. The largest absolute Gasteiger partial charge is 0.454 e. The van der Waals surface area contributed by atoms with Crippen LogP contribution in [0.1, 0.15) is 21.5 Å². The quantitative estimate of drug-likeness (QED) is 0.797. The lowest BCUT2D eigenvalue weighted by molar-refractivity contribution is 0.0751. The molecule has 1 amide bonds. The highest BCUT2D eigenvalue weighted by atomic mass is 16.7. The van der Waals surface area contributed by atoms with Crippen LogP contribution in [-0.4, -0.2) is 17.6 Å². The van der Waals surface area contributed by atoms with E-state index in [1.54, 1.807) is 18.2 Å². The second kappa shape index (κ2) is 4.27. The molecule has 4 nitrogen and oxygen atoms in total. The van der Waals surface area contributed by atoms with E-state index >= 15 is 0 Å². The van der Waals surface area contributed by atoms with Gasteiger partial charge in [-0.15, -0.1) is 0 Å². The Balaban J connectivity index is 1.60. The summed E-state index contributed by atoms with van der Waals surface area (Å²) < 4.78 is 10.6. The summed E-state index contributed by atoms with van der Waals surface area (Å²) in [6.45, 7) is 1.56. The molecule has 2 aliphatic rings. The van der Waals surface area contributed by atoms with Gasteiger partial charge in [0, 0.05) is 18.7 Å². The lowest BCUT2D eigenvalue weighted by Gasteiger charge is -2.15. The molecule has 2 heterocycles. The summed E-state index contributed by atoms with van der Waals surface area (Å²) in [4.78, 5) is 14.4. The molecule has 0 unspecified atom stereocenters. The Bertz CT molecular complexity index is 671. The minimum Gasteiger partial charge on any atom is -0.454 e. The fraction of sp³-hybridized carbons (Fsp3) is 0.188. The first-order valence-corrected chi connectivity index (χ1v) is 6.57. The molecule has 20 heavy (non-hydrogen) atoms. The van der Waals surface area contributed by atoms with E-state index in [2.05, 4.69) is 12.1 Å². The maximum Gasteiger partial charge on any atom is 0.254 e. The molecule has 0 aromatic heterocycles. The summed E-state index contributed by atoms with van der Waals surface area (Å²) in [6.07, 6.45) is 0. The van der Waals surface area contributed by atoms with E-state index in [1.807, 2.05) is 17.0 Å². The van der Waals surface area contributed by atoms with Gasteiger partial charge >= 0.3 is 0 Å². The molecule has 0 fully saturated rings. The molecule has 0 atom stereocenters. The van der Waals surface area contributed by atoms with Crippen molar-refractivity contribution in [1.82, 2.24) is 4.90 Å². The number of fused-ring (bicyclic) bond motifs is 2. The van der Waals surface area contributed by atoms with E-state index in [0.29, 0.717) is 30.2 Å². The number of carbonyl (C=O) groups is 1. The number of hydrogen-bond donors (Lipinski definition) is 0. The fourth-order valence-electron chi connectivity index (χ4n) is 2.69. The second-order valence-corrected chi connectivity index (χ2v) is 5.00. The third kappa shape index (κ3) is 1.72. The van der Waals surface area contributed by atoms with Crippen LogP contribution in [-0.2, 0) is 13.1 Å². The zero-order valence-corrected chi connectivity index (χ0v) is 10.8.